The van der Waals surface area contributed by atoms with Crippen molar-refractivity contribution < 1.29 is 14.3 Å². The van der Waals surface area contributed by atoms with E-state index in [4.69, 9.17) is 4.74 Å². The van der Waals surface area contributed by atoms with Crippen LogP contribution >= 0.6 is 0 Å². The molecule has 2 N–H and O–H groups in total. The van der Waals surface area contributed by atoms with Gasteiger partial charge >= 0.3 is 5.97 Å². The molecule has 0 saturated heterocycles. The van der Waals surface area contributed by atoms with Crippen LogP contribution in [0.5, 0.6) is 0 Å². The van der Waals surface area contributed by atoms with Gasteiger partial charge < -0.3 is 19.9 Å². The van der Waals surface area contributed by atoms with E-state index in [-0.39, 0.29) is 11.8 Å². The molecule has 1 aliphatic carbocycles. The molecule has 1 aliphatic rings. The largest absolute Gasteiger partial charge is 0.464 e. The van der Waals surface area contributed by atoms with Crippen LogP contribution in [0.3, 0.4) is 0 Å². The summed E-state index contributed by atoms with van der Waals surface area (Å²) in [7, 11) is 1.35. The van der Waals surface area contributed by atoms with Crippen LogP contribution < -0.4 is 10.6 Å². The van der Waals surface area contributed by atoms with Gasteiger partial charge in [-0.05, 0) is 37.0 Å². The fourth-order valence-electron chi connectivity index (χ4n) is 3.96. The first kappa shape index (κ1) is 22.8. The molecule has 3 heterocycles. The lowest BCUT2D eigenvalue weighted by atomic mass is 9.85. The van der Waals surface area contributed by atoms with Crippen molar-refractivity contribution in [2.45, 2.75) is 46.1 Å². The third kappa shape index (κ3) is 4.99. The van der Waals surface area contributed by atoms with Gasteiger partial charge in [0.05, 0.1) is 24.7 Å². The summed E-state index contributed by atoms with van der Waals surface area (Å²) < 4.78 is 6.95. The highest BCUT2D eigenvalue weighted by Gasteiger charge is 2.30. The van der Waals surface area contributed by atoms with E-state index in [1.807, 2.05) is 28.8 Å². The van der Waals surface area contributed by atoms with Gasteiger partial charge in [-0.3, -0.25) is 9.78 Å². The van der Waals surface area contributed by atoms with Crippen LogP contribution in [0.15, 0.2) is 36.7 Å². The Hall–Kier alpha value is -3.42. The van der Waals surface area contributed by atoms with Gasteiger partial charge in [-0.25, -0.2) is 9.78 Å². The molecule has 0 unspecified atom stereocenters. The molecular formula is C25H31N5O3. The van der Waals surface area contributed by atoms with Crippen molar-refractivity contribution in [2.75, 3.05) is 24.3 Å². The maximum absolute atomic E-state index is 12.9. The number of ether oxygens (including phenoxy) is 1. The summed E-state index contributed by atoms with van der Waals surface area (Å²) in [6.07, 6.45) is 6.92. The Bertz CT molecular complexity index is 1140. The Labute approximate surface area is 193 Å². The zero-order chi connectivity index (χ0) is 23.4. The number of anilines is 2. The Morgan fingerprint density at radius 2 is 2.06 bits per heavy atom. The fraction of sp³-hybridized carbons (Fsp3) is 0.440. The van der Waals surface area contributed by atoms with Crippen molar-refractivity contribution >= 4 is 34.3 Å². The van der Waals surface area contributed by atoms with E-state index < -0.39 is 5.97 Å². The van der Waals surface area contributed by atoms with Gasteiger partial charge in [0, 0.05) is 42.7 Å². The molecule has 174 valence electrons. The molecular weight excluding hydrogens is 418 g/mol. The number of methoxy groups -OCH3 is 1. The van der Waals surface area contributed by atoms with Crippen LogP contribution in [0.2, 0.25) is 0 Å². The first-order valence-electron chi connectivity index (χ1n) is 11.5. The van der Waals surface area contributed by atoms with Gasteiger partial charge in [0.1, 0.15) is 5.65 Å². The zero-order valence-corrected chi connectivity index (χ0v) is 19.4. The second kappa shape index (κ2) is 10.0. The highest BCUT2D eigenvalue weighted by molar-refractivity contribution is 6.11. The molecule has 1 amide bonds. The molecule has 0 bridgehead atoms. The monoisotopic (exact) mass is 449 g/mol. The number of carbonyl (C=O) groups is 2. The number of nitrogens with zero attached hydrogens (tertiary/aromatic N) is 3. The molecule has 3 aromatic heterocycles. The number of rotatable bonds is 9. The summed E-state index contributed by atoms with van der Waals surface area (Å²) in [5.74, 6) is -0.116. The molecule has 33 heavy (non-hydrogen) atoms. The van der Waals surface area contributed by atoms with Crippen LogP contribution in [0.1, 0.15) is 49.3 Å². The zero-order valence-electron chi connectivity index (χ0n) is 19.4. The maximum atomic E-state index is 12.9. The normalized spacial score (nSPS) is 13.7. The number of amides is 1. The molecule has 0 aromatic carbocycles. The number of nitrogens with one attached hydrogen (secondary N) is 2. The van der Waals surface area contributed by atoms with Gasteiger partial charge in [0.2, 0.25) is 5.91 Å². The molecule has 1 fully saturated rings. The van der Waals surface area contributed by atoms with E-state index in [9.17, 15) is 9.59 Å². The average Bonchev–Trinajstić information content (AvgIpc) is 3.07. The van der Waals surface area contributed by atoms with E-state index in [2.05, 4.69) is 34.4 Å². The lowest BCUT2D eigenvalue weighted by Gasteiger charge is -2.24. The summed E-state index contributed by atoms with van der Waals surface area (Å²) in [4.78, 5) is 34.9. The van der Waals surface area contributed by atoms with Crippen molar-refractivity contribution in [3.63, 3.8) is 0 Å². The lowest BCUT2D eigenvalue weighted by Crippen LogP contribution is -2.29. The lowest BCUT2D eigenvalue weighted by molar-refractivity contribution is -0.122. The third-order valence-electron chi connectivity index (χ3n) is 6.03. The number of esters is 1. The van der Waals surface area contributed by atoms with Gasteiger partial charge in [0.15, 0.2) is 5.69 Å². The molecule has 3 aromatic rings. The molecule has 0 spiro atoms. The molecule has 8 nitrogen and oxygen atoms in total. The van der Waals surface area contributed by atoms with Crippen LogP contribution in [0.4, 0.5) is 11.4 Å². The van der Waals surface area contributed by atoms with Crippen molar-refractivity contribution in [3.8, 4) is 0 Å². The number of pyridine rings is 2. The highest BCUT2D eigenvalue weighted by atomic mass is 16.5. The SMILES string of the molecule is COC(=O)c1c(NC(=O)C2CCC2)c2cc(NCC(C)C)cnc2n1CCc1ccccn1. The van der Waals surface area contributed by atoms with E-state index in [1.165, 1.54) is 7.11 Å². The van der Waals surface area contributed by atoms with Crippen LogP contribution in [-0.2, 0) is 22.5 Å². The van der Waals surface area contributed by atoms with Gasteiger partial charge in [-0.2, -0.15) is 0 Å². The molecule has 1 saturated carbocycles. The fourth-order valence-corrected chi connectivity index (χ4v) is 3.96. The predicted octanol–water partition coefficient (Wildman–Crippen LogP) is 4.27. The molecule has 0 aliphatic heterocycles. The first-order valence-corrected chi connectivity index (χ1v) is 11.5. The van der Waals surface area contributed by atoms with E-state index in [1.54, 1.807) is 12.4 Å². The van der Waals surface area contributed by atoms with Crippen molar-refractivity contribution in [1.29, 1.82) is 0 Å². The van der Waals surface area contributed by atoms with Gasteiger partial charge in [-0.1, -0.05) is 26.3 Å². The minimum absolute atomic E-state index is 0.0161. The second-order valence-electron chi connectivity index (χ2n) is 8.92. The summed E-state index contributed by atoms with van der Waals surface area (Å²) in [5, 5.41) is 7.14. The van der Waals surface area contributed by atoms with Crippen molar-refractivity contribution in [1.82, 2.24) is 14.5 Å². The summed E-state index contributed by atoms with van der Waals surface area (Å²) in [6, 6.07) is 7.71. The van der Waals surface area contributed by atoms with Crippen LogP contribution in [0, 0.1) is 11.8 Å². The number of carbonyl (C=O) groups excluding carboxylic acids is 2. The van der Waals surface area contributed by atoms with Gasteiger partial charge in [0.25, 0.3) is 0 Å². The van der Waals surface area contributed by atoms with Crippen LogP contribution in [-0.4, -0.2) is 40.1 Å². The van der Waals surface area contributed by atoms with E-state index >= 15 is 0 Å². The third-order valence-corrected chi connectivity index (χ3v) is 6.03. The van der Waals surface area contributed by atoms with Crippen LogP contribution in [0.25, 0.3) is 11.0 Å². The summed E-state index contributed by atoms with van der Waals surface area (Å²) in [5.41, 5.74) is 3.16. The molecule has 8 heteroatoms. The smallest absolute Gasteiger partial charge is 0.356 e. The summed E-state index contributed by atoms with van der Waals surface area (Å²) >= 11 is 0. The quantitative estimate of drug-likeness (QED) is 0.474. The minimum Gasteiger partial charge on any atom is -0.464 e. The minimum atomic E-state index is -0.505. The molecule has 0 radical (unpaired) electrons. The van der Waals surface area contributed by atoms with Gasteiger partial charge in [-0.15, -0.1) is 0 Å². The Morgan fingerprint density at radius 1 is 1.24 bits per heavy atom. The number of fused-ring (bicyclic) bond motifs is 1. The first-order chi connectivity index (χ1) is 16.0. The Kier molecular flexibility index (Phi) is 6.91. The maximum Gasteiger partial charge on any atom is 0.356 e. The number of aryl methyl sites for hydroxylation is 2. The molecule has 4 rings (SSSR count). The molecule has 0 atom stereocenters. The Balaban J connectivity index is 1.78. The highest BCUT2D eigenvalue weighted by Crippen LogP contribution is 2.35. The average molecular weight is 450 g/mol. The second-order valence-corrected chi connectivity index (χ2v) is 8.92. The predicted molar refractivity (Wildman–Crippen MR) is 128 cm³/mol. The van der Waals surface area contributed by atoms with E-state index in [0.29, 0.717) is 35.9 Å². The van der Waals surface area contributed by atoms with Crippen molar-refractivity contribution in [2.24, 2.45) is 11.8 Å². The number of hydrogen-bond acceptors (Lipinski definition) is 6. The Morgan fingerprint density at radius 3 is 2.70 bits per heavy atom. The standard InChI is InChI=1S/C25H31N5O3/c1-16(2)14-27-19-13-20-21(29-24(31)17-7-6-8-17)22(25(32)33-3)30(23(20)28-15-19)12-10-18-9-4-5-11-26-18/h4-5,9,11,13,15-17,27H,6-8,10,12,14H2,1-3H3,(H,29,31). The number of aromatic nitrogens is 3. The summed E-state index contributed by atoms with van der Waals surface area (Å²) in [6.45, 7) is 5.53. The van der Waals surface area contributed by atoms with Crippen molar-refractivity contribution in [3.05, 3.63) is 48.0 Å². The topological polar surface area (TPSA) is 98.1 Å². The number of hydrogen-bond donors (Lipinski definition) is 2. The van der Waals surface area contributed by atoms with E-state index in [0.717, 1.165) is 42.6 Å².